The normalized spacial score (nSPS) is 19.7. The van der Waals surface area contributed by atoms with E-state index in [2.05, 4.69) is 36.0 Å². The molecule has 0 radical (unpaired) electrons. The summed E-state index contributed by atoms with van der Waals surface area (Å²) in [5, 5.41) is 7.46. The number of likely N-dealkylation sites (tertiary alicyclic amines) is 1. The zero-order chi connectivity index (χ0) is 10.8. The summed E-state index contributed by atoms with van der Waals surface area (Å²) in [5.41, 5.74) is 3.86. The summed E-state index contributed by atoms with van der Waals surface area (Å²) in [4.78, 5) is 2.42. The van der Waals surface area contributed by atoms with Gasteiger partial charge in [-0.1, -0.05) is 0 Å². The minimum Gasteiger partial charge on any atom is -0.306 e. The third-order valence-corrected chi connectivity index (χ3v) is 3.67. The van der Waals surface area contributed by atoms with Crippen LogP contribution in [0.4, 0.5) is 0 Å². The van der Waals surface area contributed by atoms with Gasteiger partial charge in [-0.25, -0.2) is 0 Å². The Morgan fingerprint density at radius 2 is 2.00 bits per heavy atom. The number of aromatic amines is 1. The molecule has 0 atom stereocenters. The molecule has 0 spiro atoms. The maximum absolute atomic E-state index is 4.39. The molecule has 3 nitrogen and oxygen atoms in total. The van der Waals surface area contributed by atoms with Crippen molar-refractivity contribution in [3.8, 4) is 0 Å². The first kappa shape index (κ1) is 10.7. The van der Waals surface area contributed by atoms with Crippen molar-refractivity contribution in [2.45, 2.75) is 33.1 Å². The lowest BCUT2D eigenvalue weighted by molar-refractivity contribution is 0.218. The van der Waals surface area contributed by atoms with E-state index < -0.39 is 0 Å². The highest BCUT2D eigenvalue weighted by atomic mass is 15.1. The zero-order valence-electron chi connectivity index (χ0n) is 10.0. The van der Waals surface area contributed by atoms with E-state index >= 15 is 0 Å². The molecule has 1 aliphatic rings. The summed E-state index contributed by atoms with van der Waals surface area (Å²) < 4.78 is 0. The Hall–Kier alpha value is -0.830. The summed E-state index contributed by atoms with van der Waals surface area (Å²) in [6.07, 6.45) is 3.80. The number of nitrogens with zero attached hydrogens (tertiary/aromatic N) is 2. The molecule has 1 aromatic rings. The number of rotatable bonds is 2. The lowest BCUT2D eigenvalue weighted by atomic mass is 9.91. The number of aromatic nitrogens is 2. The minimum absolute atomic E-state index is 0.836. The predicted molar refractivity (Wildman–Crippen MR) is 62.0 cm³/mol. The molecule has 84 valence electrons. The van der Waals surface area contributed by atoms with E-state index in [4.69, 9.17) is 0 Å². The quantitative estimate of drug-likeness (QED) is 0.803. The van der Waals surface area contributed by atoms with Gasteiger partial charge < -0.3 is 4.90 Å². The number of piperidine rings is 1. The second-order valence-electron chi connectivity index (χ2n) is 4.87. The monoisotopic (exact) mass is 207 g/mol. The molecule has 15 heavy (non-hydrogen) atoms. The predicted octanol–water partition coefficient (Wildman–Crippen LogP) is 1.91. The standard InChI is InChI=1S/C12H21N3/c1-9-10(2)13-14-12(9)8-11-4-6-15(3)7-5-11/h11H,4-8H2,1-3H3,(H,13,14). The summed E-state index contributed by atoms with van der Waals surface area (Å²) in [5.74, 6) is 0.836. The van der Waals surface area contributed by atoms with Crippen LogP contribution in [0.1, 0.15) is 29.8 Å². The number of hydrogen-bond acceptors (Lipinski definition) is 2. The molecule has 0 unspecified atom stereocenters. The van der Waals surface area contributed by atoms with Gasteiger partial charge in [-0.3, -0.25) is 5.10 Å². The Bertz CT molecular complexity index is 322. The molecule has 1 fully saturated rings. The van der Waals surface area contributed by atoms with E-state index in [1.54, 1.807) is 0 Å². The van der Waals surface area contributed by atoms with Gasteiger partial charge in [-0.2, -0.15) is 5.10 Å². The molecule has 2 rings (SSSR count). The first-order chi connectivity index (χ1) is 7.16. The topological polar surface area (TPSA) is 31.9 Å². The van der Waals surface area contributed by atoms with Gasteiger partial charge in [-0.05, 0) is 64.7 Å². The lowest BCUT2D eigenvalue weighted by Gasteiger charge is -2.28. The van der Waals surface area contributed by atoms with Crippen molar-refractivity contribution in [3.05, 3.63) is 17.0 Å². The maximum Gasteiger partial charge on any atom is 0.0656 e. The van der Waals surface area contributed by atoms with Gasteiger partial charge in [0.25, 0.3) is 0 Å². The van der Waals surface area contributed by atoms with Gasteiger partial charge >= 0.3 is 0 Å². The maximum atomic E-state index is 4.39. The average Bonchev–Trinajstić information content (AvgIpc) is 2.53. The largest absolute Gasteiger partial charge is 0.306 e. The molecule has 2 heterocycles. The van der Waals surface area contributed by atoms with E-state index in [0.29, 0.717) is 0 Å². The Morgan fingerprint density at radius 1 is 1.33 bits per heavy atom. The fourth-order valence-electron chi connectivity index (χ4n) is 2.27. The number of hydrogen-bond donors (Lipinski definition) is 1. The first-order valence-electron chi connectivity index (χ1n) is 5.86. The first-order valence-corrected chi connectivity index (χ1v) is 5.86. The molecule has 3 heteroatoms. The summed E-state index contributed by atoms with van der Waals surface area (Å²) in [6, 6.07) is 0. The van der Waals surface area contributed by atoms with Crippen LogP contribution in [0.5, 0.6) is 0 Å². The van der Waals surface area contributed by atoms with Crippen molar-refractivity contribution in [1.29, 1.82) is 0 Å². The third kappa shape index (κ3) is 2.40. The van der Waals surface area contributed by atoms with Gasteiger partial charge in [0, 0.05) is 5.69 Å². The highest BCUT2D eigenvalue weighted by molar-refractivity contribution is 5.22. The van der Waals surface area contributed by atoms with E-state index in [9.17, 15) is 0 Å². The van der Waals surface area contributed by atoms with Crippen molar-refractivity contribution >= 4 is 0 Å². The van der Waals surface area contributed by atoms with Crippen LogP contribution in [0.25, 0.3) is 0 Å². The Morgan fingerprint density at radius 3 is 2.53 bits per heavy atom. The second kappa shape index (κ2) is 4.35. The van der Waals surface area contributed by atoms with Crippen LogP contribution < -0.4 is 0 Å². The molecule has 1 aromatic heterocycles. The van der Waals surface area contributed by atoms with Crippen LogP contribution in [-0.2, 0) is 6.42 Å². The van der Waals surface area contributed by atoms with Crippen LogP contribution in [0, 0.1) is 19.8 Å². The zero-order valence-corrected chi connectivity index (χ0v) is 10.0. The second-order valence-corrected chi connectivity index (χ2v) is 4.87. The van der Waals surface area contributed by atoms with Crippen LogP contribution >= 0.6 is 0 Å². The van der Waals surface area contributed by atoms with Gasteiger partial charge in [0.15, 0.2) is 0 Å². The molecule has 0 amide bonds. The molecule has 0 bridgehead atoms. The highest BCUT2D eigenvalue weighted by Crippen LogP contribution is 2.22. The van der Waals surface area contributed by atoms with Crippen molar-refractivity contribution in [2.75, 3.05) is 20.1 Å². The van der Waals surface area contributed by atoms with Crippen molar-refractivity contribution < 1.29 is 0 Å². The number of H-pyrrole nitrogens is 1. The molecule has 0 saturated carbocycles. The fourth-order valence-corrected chi connectivity index (χ4v) is 2.27. The van der Waals surface area contributed by atoms with Crippen molar-refractivity contribution in [2.24, 2.45) is 5.92 Å². The summed E-state index contributed by atoms with van der Waals surface area (Å²) >= 11 is 0. The van der Waals surface area contributed by atoms with Crippen LogP contribution in [-0.4, -0.2) is 35.2 Å². The molecule has 0 aromatic carbocycles. The number of nitrogens with one attached hydrogen (secondary N) is 1. The smallest absolute Gasteiger partial charge is 0.0656 e. The van der Waals surface area contributed by atoms with E-state index in [1.807, 2.05) is 0 Å². The molecular weight excluding hydrogens is 186 g/mol. The molecule has 1 aliphatic heterocycles. The van der Waals surface area contributed by atoms with Crippen molar-refractivity contribution in [3.63, 3.8) is 0 Å². The number of aryl methyl sites for hydroxylation is 1. The van der Waals surface area contributed by atoms with E-state index in [0.717, 1.165) is 12.3 Å². The average molecular weight is 207 g/mol. The minimum atomic E-state index is 0.836. The van der Waals surface area contributed by atoms with Gasteiger partial charge in [0.2, 0.25) is 0 Å². The third-order valence-electron chi connectivity index (χ3n) is 3.67. The van der Waals surface area contributed by atoms with E-state index in [-0.39, 0.29) is 0 Å². The van der Waals surface area contributed by atoms with Crippen LogP contribution in [0.15, 0.2) is 0 Å². The molecular formula is C12H21N3. The van der Waals surface area contributed by atoms with Gasteiger partial charge in [-0.15, -0.1) is 0 Å². The van der Waals surface area contributed by atoms with Gasteiger partial charge in [0.05, 0.1) is 5.69 Å². The summed E-state index contributed by atoms with van der Waals surface area (Å²) in [6.45, 7) is 6.75. The fraction of sp³-hybridized carbons (Fsp3) is 0.750. The molecule has 0 aliphatic carbocycles. The lowest BCUT2D eigenvalue weighted by Crippen LogP contribution is -2.31. The Balaban J connectivity index is 1.94. The summed E-state index contributed by atoms with van der Waals surface area (Å²) in [7, 11) is 2.21. The van der Waals surface area contributed by atoms with Crippen molar-refractivity contribution in [1.82, 2.24) is 15.1 Å². The highest BCUT2D eigenvalue weighted by Gasteiger charge is 2.19. The Labute approximate surface area is 91.9 Å². The molecule has 1 N–H and O–H groups in total. The van der Waals surface area contributed by atoms with Crippen LogP contribution in [0.2, 0.25) is 0 Å². The van der Waals surface area contributed by atoms with E-state index in [1.165, 1.54) is 42.9 Å². The SMILES string of the molecule is Cc1[nH]nc(CC2CCN(C)CC2)c1C. The Kier molecular flexibility index (Phi) is 3.10. The molecule has 1 saturated heterocycles. The van der Waals surface area contributed by atoms with Crippen LogP contribution in [0.3, 0.4) is 0 Å². The van der Waals surface area contributed by atoms with Gasteiger partial charge in [0.1, 0.15) is 0 Å².